The van der Waals surface area contributed by atoms with E-state index in [0.717, 1.165) is 11.3 Å². The lowest BCUT2D eigenvalue weighted by atomic mass is 10.1. The van der Waals surface area contributed by atoms with Crippen LogP contribution in [-0.2, 0) is 0 Å². The second-order valence-corrected chi connectivity index (χ2v) is 6.02. The molecule has 1 aromatic heterocycles. The van der Waals surface area contributed by atoms with Crippen molar-refractivity contribution in [2.24, 2.45) is 4.99 Å². The molecule has 0 aliphatic heterocycles. The van der Waals surface area contributed by atoms with E-state index in [0.29, 0.717) is 16.9 Å². The lowest BCUT2D eigenvalue weighted by molar-refractivity contribution is 0.475. The molecule has 0 aliphatic rings. The molecule has 0 bridgehead atoms. The van der Waals surface area contributed by atoms with E-state index in [1.807, 2.05) is 60.7 Å². The molecule has 0 aliphatic carbocycles. The molecular formula is C22H17N3O2. The van der Waals surface area contributed by atoms with Gasteiger partial charge in [0.2, 0.25) is 0 Å². The monoisotopic (exact) mass is 355 g/mol. The fourth-order valence-electron chi connectivity index (χ4n) is 2.83. The summed E-state index contributed by atoms with van der Waals surface area (Å²) in [5.74, 6) is 0.173. The number of aromatic nitrogens is 2. The Hall–Kier alpha value is -3.86. The smallest absolute Gasteiger partial charge is 0.280 e. The molecule has 0 spiro atoms. The van der Waals surface area contributed by atoms with Crippen molar-refractivity contribution in [2.45, 2.75) is 0 Å². The molecule has 4 aromatic rings. The maximum Gasteiger partial charge on any atom is 0.280 e. The highest BCUT2D eigenvalue weighted by molar-refractivity contribution is 5.90. The Morgan fingerprint density at radius 2 is 1.48 bits per heavy atom. The van der Waals surface area contributed by atoms with E-state index >= 15 is 0 Å². The average Bonchev–Trinajstić information content (AvgIpc) is 3.05. The zero-order valence-corrected chi connectivity index (χ0v) is 14.4. The van der Waals surface area contributed by atoms with E-state index in [2.05, 4.69) is 10.1 Å². The molecule has 4 rings (SSSR count). The zero-order chi connectivity index (χ0) is 18.6. The van der Waals surface area contributed by atoms with Gasteiger partial charge in [-0.3, -0.25) is 14.9 Å². The largest absolute Gasteiger partial charge is 0.508 e. The van der Waals surface area contributed by atoms with Crippen molar-refractivity contribution in [3.8, 4) is 22.7 Å². The van der Waals surface area contributed by atoms with E-state index in [9.17, 15) is 9.90 Å². The molecule has 3 aromatic carbocycles. The summed E-state index contributed by atoms with van der Waals surface area (Å²) in [6.07, 6.45) is 1.56. The molecule has 0 saturated carbocycles. The Morgan fingerprint density at radius 1 is 0.852 bits per heavy atom. The highest BCUT2D eigenvalue weighted by atomic mass is 16.3. The molecule has 0 amide bonds. The van der Waals surface area contributed by atoms with E-state index in [1.54, 1.807) is 30.5 Å². The van der Waals surface area contributed by atoms with Crippen LogP contribution >= 0.6 is 0 Å². The van der Waals surface area contributed by atoms with Gasteiger partial charge in [0, 0.05) is 11.8 Å². The number of hydrogen-bond donors (Lipinski definition) is 2. The van der Waals surface area contributed by atoms with Gasteiger partial charge in [0.05, 0.1) is 22.6 Å². The van der Waals surface area contributed by atoms with Crippen LogP contribution in [0.15, 0.2) is 94.7 Å². The first kappa shape index (κ1) is 16.6. The number of phenols is 1. The minimum Gasteiger partial charge on any atom is -0.508 e. The summed E-state index contributed by atoms with van der Waals surface area (Å²) in [7, 11) is 0. The van der Waals surface area contributed by atoms with Gasteiger partial charge in [0.1, 0.15) is 5.75 Å². The van der Waals surface area contributed by atoms with Crippen molar-refractivity contribution in [2.75, 3.05) is 0 Å². The van der Waals surface area contributed by atoms with E-state index in [-0.39, 0.29) is 11.3 Å². The summed E-state index contributed by atoms with van der Waals surface area (Å²) >= 11 is 0. The predicted molar refractivity (Wildman–Crippen MR) is 107 cm³/mol. The molecule has 5 heteroatoms. The molecule has 0 fully saturated rings. The quantitative estimate of drug-likeness (QED) is 0.536. The topological polar surface area (TPSA) is 70.4 Å². The van der Waals surface area contributed by atoms with Crippen molar-refractivity contribution in [1.82, 2.24) is 9.78 Å². The lowest BCUT2D eigenvalue weighted by Gasteiger charge is -2.01. The second kappa shape index (κ2) is 7.17. The van der Waals surface area contributed by atoms with Crippen LogP contribution in [0.1, 0.15) is 5.56 Å². The number of hydrogen-bond acceptors (Lipinski definition) is 3. The Labute approximate surface area is 155 Å². The van der Waals surface area contributed by atoms with Gasteiger partial charge < -0.3 is 5.11 Å². The van der Waals surface area contributed by atoms with E-state index in [1.165, 1.54) is 4.68 Å². The van der Waals surface area contributed by atoms with Crippen molar-refractivity contribution in [3.05, 3.63) is 101 Å². The summed E-state index contributed by atoms with van der Waals surface area (Å²) in [6.45, 7) is 0. The fourth-order valence-corrected chi connectivity index (χ4v) is 2.83. The molecule has 2 N–H and O–H groups in total. The molecule has 0 radical (unpaired) electrons. The number of phenolic OH excluding ortho intramolecular Hbond substituents is 1. The fraction of sp³-hybridized carbons (Fsp3) is 0. The Morgan fingerprint density at radius 3 is 2.15 bits per heavy atom. The van der Waals surface area contributed by atoms with Gasteiger partial charge in [-0.15, -0.1) is 0 Å². The van der Waals surface area contributed by atoms with Crippen LogP contribution in [0.2, 0.25) is 0 Å². The Bertz CT molecular complexity index is 1130. The molecular weight excluding hydrogens is 338 g/mol. The summed E-state index contributed by atoms with van der Waals surface area (Å²) in [6, 6.07) is 25.6. The van der Waals surface area contributed by atoms with Crippen molar-refractivity contribution < 1.29 is 5.11 Å². The number of rotatable bonds is 4. The first-order valence-corrected chi connectivity index (χ1v) is 8.51. The Balaban J connectivity index is 1.85. The van der Waals surface area contributed by atoms with Crippen molar-refractivity contribution in [1.29, 1.82) is 0 Å². The lowest BCUT2D eigenvalue weighted by Crippen LogP contribution is -2.17. The highest BCUT2D eigenvalue weighted by Crippen LogP contribution is 2.21. The van der Waals surface area contributed by atoms with E-state index < -0.39 is 0 Å². The van der Waals surface area contributed by atoms with E-state index in [4.69, 9.17) is 0 Å². The number of aliphatic imine (C=N–C) groups is 1. The first-order chi connectivity index (χ1) is 13.2. The SMILES string of the molecule is O=c1c(C=Nc2ccc(O)cc2)c(-c2ccccc2)[nH]n1-c1ccccc1. The van der Waals surface area contributed by atoms with Gasteiger partial charge in [0.25, 0.3) is 5.56 Å². The first-order valence-electron chi connectivity index (χ1n) is 8.51. The highest BCUT2D eigenvalue weighted by Gasteiger charge is 2.15. The molecule has 0 atom stereocenters. The standard InChI is InChI=1S/C22H17N3O2/c26-19-13-11-17(12-14-19)23-15-20-21(16-7-3-1-4-8-16)24-25(22(20)27)18-9-5-2-6-10-18/h1-15,24,26H. The number of H-pyrrole nitrogens is 1. The van der Waals surface area contributed by atoms with Crippen molar-refractivity contribution >= 4 is 11.9 Å². The number of aromatic hydroxyl groups is 1. The van der Waals surface area contributed by atoms with Crippen LogP contribution in [0.4, 0.5) is 5.69 Å². The summed E-state index contributed by atoms with van der Waals surface area (Å²) in [4.78, 5) is 17.4. The van der Waals surface area contributed by atoms with Crippen LogP contribution in [0.5, 0.6) is 5.75 Å². The van der Waals surface area contributed by atoms with Crippen LogP contribution in [-0.4, -0.2) is 21.1 Å². The van der Waals surface area contributed by atoms with Gasteiger partial charge in [-0.2, -0.15) is 0 Å². The number of nitrogens with one attached hydrogen (secondary N) is 1. The number of nitrogens with zero attached hydrogens (tertiary/aromatic N) is 2. The minimum atomic E-state index is -0.178. The minimum absolute atomic E-state index is 0.173. The average molecular weight is 355 g/mol. The molecule has 5 nitrogen and oxygen atoms in total. The molecule has 1 heterocycles. The normalized spacial score (nSPS) is 11.1. The maximum absolute atomic E-state index is 13.0. The summed E-state index contributed by atoms with van der Waals surface area (Å²) in [5.41, 5.74) is 3.30. The third-order valence-electron chi connectivity index (χ3n) is 4.20. The van der Waals surface area contributed by atoms with Gasteiger partial charge in [-0.1, -0.05) is 48.5 Å². The van der Waals surface area contributed by atoms with Crippen LogP contribution < -0.4 is 5.56 Å². The molecule has 0 saturated heterocycles. The third-order valence-corrected chi connectivity index (χ3v) is 4.20. The zero-order valence-electron chi connectivity index (χ0n) is 14.4. The van der Waals surface area contributed by atoms with Gasteiger partial charge >= 0.3 is 0 Å². The predicted octanol–water partition coefficient (Wildman–Crippen LogP) is 4.29. The summed E-state index contributed by atoms with van der Waals surface area (Å²) < 4.78 is 1.51. The number of para-hydroxylation sites is 1. The van der Waals surface area contributed by atoms with Gasteiger partial charge in [0.15, 0.2) is 0 Å². The number of aromatic amines is 1. The van der Waals surface area contributed by atoms with Crippen LogP contribution in [0, 0.1) is 0 Å². The second-order valence-electron chi connectivity index (χ2n) is 6.02. The van der Waals surface area contributed by atoms with Gasteiger partial charge in [-0.05, 0) is 36.4 Å². The van der Waals surface area contributed by atoms with Gasteiger partial charge in [-0.25, -0.2) is 4.68 Å². The van der Waals surface area contributed by atoms with Crippen LogP contribution in [0.25, 0.3) is 16.9 Å². The summed E-state index contributed by atoms with van der Waals surface area (Å²) in [5, 5.41) is 12.6. The third kappa shape index (κ3) is 3.43. The maximum atomic E-state index is 13.0. The van der Waals surface area contributed by atoms with Crippen molar-refractivity contribution in [3.63, 3.8) is 0 Å². The molecule has 27 heavy (non-hydrogen) atoms. The molecule has 0 unspecified atom stereocenters. The Kier molecular flexibility index (Phi) is 4.41. The molecule has 132 valence electrons. The van der Waals surface area contributed by atoms with Crippen LogP contribution in [0.3, 0.4) is 0 Å². The number of benzene rings is 3.